The molecule has 1 aromatic heterocycles. The van der Waals surface area contributed by atoms with E-state index in [-0.39, 0.29) is 23.4 Å². The Morgan fingerprint density at radius 1 is 1.35 bits per heavy atom. The Bertz CT molecular complexity index is 841. The first-order valence-electron chi connectivity index (χ1n) is 8.31. The van der Waals surface area contributed by atoms with Gasteiger partial charge in [-0.2, -0.15) is 5.10 Å². The minimum atomic E-state index is -0.417. The topological polar surface area (TPSA) is 84.6 Å². The number of benzene rings is 1. The number of hydrogen-bond acceptors (Lipinski definition) is 5. The number of nitro benzene ring substituents is 1. The highest BCUT2D eigenvalue weighted by Crippen LogP contribution is 2.38. The van der Waals surface area contributed by atoms with Gasteiger partial charge in [-0.3, -0.25) is 14.9 Å². The Morgan fingerprint density at radius 2 is 2.12 bits per heavy atom. The van der Waals surface area contributed by atoms with Crippen LogP contribution in [0.4, 0.5) is 5.69 Å². The molecule has 2 atom stereocenters. The van der Waals surface area contributed by atoms with Crippen LogP contribution in [-0.2, 0) is 4.79 Å². The average molecular weight is 369 g/mol. The Hall–Kier alpha value is -2.80. The highest BCUT2D eigenvalue weighted by Gasteiger charge is 2.31. The Labute approximate surface area is 155 Å². The van der Waals surface area contributed by atoms with E-state index in [2.05, 4.69) is 16.6 Å². The second-order valence-electron chi connectivity index (χ2n) is 6.30. The molecule has 0 radical (unpaired) electrons. The molecule has 134 valence electrons. The minimum absolute atomic E-state index is 0.0160. The fourth-order valence-electron chi connectivity index (χ4n) is 3.16. The number of carbonyl (C=O) groups excluding carboxylic acids is 1. The van der Waals surface area contributed by atoms with Crippen molar-refractivity contribution in [1.82, 2.24) is 5.43 Å². The smallest absolute Gasteiger partial charge is 0.269 e. The van der Waals surface area contributed by atoms with Crippen molar-refractivity contribution in [2.24, 2.45) is 11.0 Å². The van der Waals surface area contributed by atoms with Gasteiger partial charge in [-0.05, 0) is 42.7 Å². The molecule has 0 bridgehead atoms. The van der Waals surface area contributed by atoms with E-state index in [0.29, 0.717) is 6.42 Å². The number of nitrogens with zero attached hydrogens (tertiary/aromatic N) is 2. The molecular weight excluding hydrogens is 350 g/mol. The first-order valence-corrected chi connectivity index (χ1v) is 9.19. The quantitative estimate of drug-likeness (QED) is 0.370. The van der Waals surface area contributed by atoms with Crippen LogP contribution < -0.4 is 5.43 Å². The largest absolute Gasteiger partial charge is 0.273 e. The second kappa shape index (κ2) is 8.05. The predicted octanol–water partition coefficient (Wildman–Crippen LogP) is 4.25. The molecule has 0 saturated heterocycles. The van der Waals surface area contributed by atoms with E-state index in [1.165, 1.54) is 17.7 Å². The third-order valence-electron chi connectivity index (χ3n) is 4.53. The zero-order chi connectivity index (χ0) is 18.5. The van der Waals surface area contributed by atoms with Gasteiger partial charge >= 0.3 is 0 Å². The summed E-state index contributed by atoms with van der Waals surface area (Å²) >= 11 is 1.55. The summed E-state index contributed by atoms with van der Waals surface area (Å²) in [5.41, 5.74) is 4.85. The lowest BCUT2D eigenvalue weighted by Crippen LogP contribution is -2.32. The summed E-state index contributed by atoms with van der Waals surface area (Å²) in [7, 11) is 0. The van der Waals surface area contributed by atoms with Crippen molar-refractivity contribution in [1.29, 1.82) is 0 Å². The van der Waals surface area contributed by atoms with Gasteiger partial charge in [0.15, 0.2) is 0 Å². The number of hydrogen-bond donors (Lipinski definition) is 1. The van der Waals surface area contributed by atoms with E-state index < -0.39 is 4.92 Å². The van der Waals surface area contributed by atoms with Crippen molar-refractivity contribution in [2.75, 3.05) is 0 Å². The monoisotopic (exact) mass is 369 g/mol. The molecule has 0 aliphatic heterocycles. The summed E-state index contributed by atoms with van der Waals surface area (Å²) in [5.74, 6) is -0.400. The lowest BCUT2D eigenvalue weighted by molar-refractivity contribution is -0.384. The summed E-state index contributed by atoms with van der Waals surface area (Å²) in [6.07, 6.45) is 5.10. The maximum atomic E-state index is 12.6. The SMILES string of the molecule is CC1=CCC(C(=O)NN=Cc2cccs2)C(c2ccc([N+](=O)[O-])cc2)C1. The number of hydrazone groups is 1. The first kappa shape index (κ1) is 18.0. The van der Waals surface area contributed by atoms with Gasteiger partial charge < -0.3 is 0 Å². The number of thiophene rings is 1. The van der Waals surface area contributed by atoms with E-state index in [0.717, 1.165) is 16.9 Å². The van der Waals surface area contributed by atoms with Crippen molar-refractivity contribution in [3.63, 3.8) is 0 Å². The van der Waals surface area contributed by atoms with Gasteiger partial charge in [0.05, 0.1) is 17.1 Å². The summed E-state index contributed by atoms with van der Waals surface area (Å²) in [6.45, 7) is 2.04. The molecule has 3 rings (SSSR count). The second-order valence-corrected chi connectivity index (χ2v) is 7.28. The number of rotatable bonds is 5. The van der Waals surface area contributed by atoms with E-state index >= 15 is 0 Å². The van der Waals surface area contributed by atoms with Gasteiger partial charge in [0.2, 0.25) is 5.91 Å². The fourth-order valence-corrected chi connectivity index (χ4v) is 3.74. The number of nitrogens with one attached hydrogen (secondary N) is 1. The molecule has 1 heterocycles. The van der Waals surface area contributed by atoms with Gasteiger partial charge in [-0.15, -0.1) is 11.3 Å². The van der Waals surface area contributed by atoms with Crippen LogP contribution in [0.1, 0.15) is 36.1 Å². The summed E-state index contributed by atoms with van der Waals surface area (Å²) in [6, 6.07) is 10.3. The van der Waals surface area contributed by atoms with Gasteiger partial charge in [0, 0.05) is 17.0 Å². The molecule has 2 aromatic rings. The molecule has 0 spiro atoms. The predicted molar refractivity (Wildman–Crippen MR) is 102 cm³/mol. The van der Waals surface area contributed by atoms with Gasteiger partial charge in [-0.1, -0.05) is 29.8 Å². The molecule has 2 unspecified atom stereocenters. The minimum Gasteiger partial charge on any atom is -0.273 e. The van der Waals surface area contributed by atoms with Crippen LogP contribution in [0.15, 0.2) is 58.5 Å². The number of nitro groups is 1. The van der Waals surface area contributed by atoms with Crippen LogP contribution in [0, 0.1) is 16.0 Å². The van der Waals surface area contributed by atoms with Crippen molar-refractivity contribution in [3.8, 4) is 0 Å². The number of allylic oxidation sites excluding steroid dienone is 2. The highest BCUT2D eigenvalue weighted by atomic mass is 32.1. The van der Waals surface area contributed by atoms with E-state index in [1.54, 1.807) is 29.7 Å². The number of amides is 1. The number of non-ortho nitro benzene ring substituents is 1. The molecular formula is C19H19N3O3S. The van der Waals surface area contributed by atoms with E-state index in [4.69, 9.17) is 0 Å². The van der Waals surface area contributed by atoms with Gasteiger partial charge in [-0.25, -0.2) is 5.43 Å². The van der Waals surface area contributed by atoms with E-state index in [9.17, 15) is 14.9 Å². The molecule has 1 N–H and O–H groups in total. The molecule has 0 saturated carbocycles. The van der Waals surface area contributed by atoms with Crippen molar-refractivity contribution in [3.05, 3.63) is 74.0 Å². The van der Waals surface area contributed by atoms with Gasteiger partial charge in [0.1, 0.15) is 0 Å². The molecule has 7 heteroatoms. The molecule has 6 nitrogen and oxygen atoms in total. The Balaban J connectivity index is 1.75. The normalized spacial score (nSPS) is 20.0. The maximum Gasteiger partial charge on any atom is 0.269 e. The average Bonchev–Trinajstić information content (AvgIpc) is 3.15. The summed E-state index contributed by atoms with van der Waals surface area (Å²) in [5, 5.41) is 16.8. The lowest BCUT2D eigenvalue weighted by Gasteiger charge is -2.29. The molecule has 1 amide bonds. The van der Waals surface area contributed by atoms with Crippen LogP contribution in [0.2, 0.25) is 0 Å². The van der Waals surface area contributed by atoms with Crippen molar-refractivity contribution in [2.45, 2.75) is 25.7 Å². The maximum absolute atomic E-state index is 12.6. The van der Waals surface area contributed by atoms with Crippen LogP contribution in [-0.4, -0.2) is 17.0 Å². The van der Waals surface area contributed by atoms with Gasteiger partial charge in [0.25, 0.3) is 5.69 Å². The fraction of sp³-hybridized carbons (Fsp3) is 0.263. The van der Waals surface area contributed by atoms with Crippen molar-refractivity contribution < 1.29 is 9.72 Å². The standard InChI is InChI=1S/C19H19N3O3S/c1-13-4-9-17(19(23)21-20-12-16-3-2-10-26-16)18(11-13)14-5-7-15(8-6-14)22(24)25/h2-8,10,12,17-18H,9,11H2,1H3,(H,21,23). The Kier molecular flexibility index (Phi) is 5.58. The molecule has 0 fully saturated rings. The van der Waals surface area contributed by atoms with Crippen LogP contribution >= 0.6 is 11.3 Å². The third-order valence-corrected chi connectivity index (χ3v) is 5.33. The van der Waals surface area contributed by atoms with Crippen LogP contribution in [0.5, 0.6) is 0 Å². The lowest BCUT2D eigenvalue weighted by atomic mass is 9.75. The first-order chi connectivity index (χ1) is 12.5. The molecule has 26 heavy (non-hydrogen) atoms. The summed E-state index contributed by atoms with van der Waals surface area (Å²) < 4.78 is 0. The molecule has 1 aliphatic rings. The summed E-state index contributed by atoms with van der Waals surface area (Å²) in [4.78, 5) is 24.0. The van der Waals surface area contributed by atoms with Crippen LogP contribution in [0.25, 0.3) is 0 Å². The molecule has 1 aliphatic carbocycles. The van der Waals surface area contributed by atoms with Crippen LogP contribution in [0.3, 0.4) is 0 Å². The van der Waals surface area contributed by atoms with E-state index in [1.807, 2.05) is 24.4 Å². The highest BCUT2D eigenvalue weighted by molar-refractivity contribution is 7.11. The zero-order valence-electron chi connectivity index (χ0n) is 14.3. The third kappa shape index (κ3) is 4.23. The zero-order valence-corrected chi connectivity index (χ0v) is 15.1. The van der Waals surface area contributed by atoms with Crippen molar-refractivity contribution >= 4 is 29.1 Å². The Morgan fingerprint density at radius 3 is 2.77 bits per heavy atom. The molecule has 1 aromatic carbocycles. The number of carbonyl (C=O) groups is 1.